The summed E-state index contributed by atoms with van der Waals surface area (Å²) in [5.74, 6) is 0.525. The third-order valence-corrected chi connectivity index (χ3v) is 5.64. The van der Waals surface area contributed by atoms with E-state index in [0.717, 1.165) is 49.5 Å². The van der Waals surface area contributed by atoms with E-state index in [4.69, 9.17) is 0 Å². The van der Waals surface area contributed by atoms with Crippen molar-refractivity contribution in [3.05, 3.63) is 68.6 Å². The second-order valence-corrected chi connectivity index (χ2v) is 7.94. The largest absolute Gasteiger partial charge is 0.326 e. The molecule has 2 aromatic rings. The maximum Gasteiger partial charge on any atom is 0.251 e. The lowest BCUT2D eigenvalue weighted by Gasteiger charge is -2.29. The van der Waals surface area contributed by atoms with Crippen LogP contribution < -0.4 is 10.9 Å². The number of aromatic nitrogens is 1. The first-order valence-corrected chi connectivity index (χ1v) is 10.2. The number of benzene rings is 1. The number of carbonyl (C=O) groups is 1. The summed E-state index contributed by atoms with van der Waals surface area (Å²) < 4.78 is 0. The van der Waals surface area contributed by atoms with E-state index in [9.17, 15) is 9.59 Å². The van der Waals surface area contributed by atoms with Gasteiger partial charge in [-0.25, -0.2) is 0 Å². The van der Waals surface area contributed by atoms with Crippen LogP contribution in [0, 0.1) is 13.8 Å². The molecule has 150 valence electrons. The molecule has 1 atom stereocenters. The van der Waals surface area contributed by atoms with Crippen LogP contribution in [0.4, 0.5) is 0 Å². The summed E-state index contributed by atoms with van der Waals surface area (Å²) in [6, 6.07) is 9.96. The normalized spacial score (nSPS) is 16.1. The molecule has 28 heavy (non-hydrogen) atoms. The highest BCUT2D eigenvalue weighted by atomic mass is 16.1. The van der Waals surface area contributed by atoms with E-state index >= 15 is 0 Å². The SMILES string of the molecule is Cc1cc(C)c(CCC(=O)c2ccc(C(C)CN3CCNCC3)cc2)c(=O)[nH]1. The number of hydrogen-bond donors (Lipinski definition) is 2. The number of ketones is 1. The summed E-state index contributed by atoms with van der Waals surface area (Å²) in [7, 11) is 0. The van der Waals surface area contributed by atoms with Crippen molar-refractivity contribution in [1.29, 1.82) is 0 Å². The van der Waals surface area contributed by atoms with Gasteiger partial charge in [-0.1, -0.05) is 31.2 Å². The van der Waals surface area contributed by atoms with E-state index in [0.29, 0.717) is 24.3 Å². The molecule has 5 heteroatoms. The van der Waals surface area contributed by atoms with Gasteiger partial charge in [0, 0.05) is 56.0 Å². The zero-order valence-electron chi connectivity index (χ0n) is 17.2. The third-order valence-electron chi connectivity index (χ3n) is 5.64. The number of aromatic amines is 1. The minimum Gasteiger partial charge on any atom is -0.326 e. The van der Waals surface area contributed by atoms with Gasteiger partial charge in [0.05, 0.1) is 0 Å². The van der Waals surface area contributed by atoms with Crippen molar-refractivity contribution in [2.45, 2.75) is 39.5 Å². The molecule has 1 aromatic carbocycles. The van der Waals surface area contributed by atoms with E-state index in [-0.39, 0.29) is 11.3 Å². The number of carbonyl (C=O) groups excluding carboxylic acids is 1. The third kappa shape index (κ3) is 5.18. The van der Waals surface area contributed by atoms with Crippen LogP contribution >= 0.6 is 0 Å². The number of hydrogen-bond acceptors (Lipinski definition) is 4. The second-order valence-electron chi connectivity index (χ2n) is 7.94. The van der Waals surface area contributed by atoms with E-state index in [1.807, 2.05) is 32.0 Å². The number of pyridine rings is 1. The molecule has 0 bridgehead atoms. The van der Waals surface area contributed by atoms with Gasteiger partial charge in [0.15, 0.2) is 5.78 Å². The van der Waals surface area contributed by atoms with E-state index < -0.39 is 0 Å². The summed E-state index contributed by atoms with van der Waals surface area (Å²) in [5, 5.41) is 3.38. The van der Waals surface area contributed by atoms with Crippen molar-refractivity contribution in [3.63, 3.8) is 0 Å². The molecule has 1 aromatic heterocycles. The second kappa shape index (κ2) is 9.30. The standard InChI is InChI=1S/C23H31N3O2/c1-16-14-18(3)25-23(28)21(16)8-9-22(27)20-6-4-19(5-7-20)17(2)15-26-12-10-24-11-13-26/h4-7,14,17,24H,8-13,15H2,1-3H3,(H,25,28). The smallest absolute Gasteiger partial charge is 0.251 e. The monoisotopic (exact) mass is 381 g/mol. The molecular weight excluding hydrogens is 350 g/mol. The van der Waals surface area contributed by atoms with Crippen LogP contribution in [0.3, 0.4) is 0 Å². The molecule has 2 N–H and O–H groups in total. The van der Waals surface area contributed by atoms with Gasteiger partial charge in [0.25, 0.3) is 5.56 Å². The quantitative estimate of drug-likeness (QED) is 0.724. The number of nitrogens with one attached hydrogen (secondary N) is 2. The minimum absolute atomic E-state index is 0.0811. The molecule has 0 radical (unpaired) electrons. The molecule has 1 saturated heterocycles. The lowest BCUT2D eigenvalue weighted by Crippen LogP contribution is -2.44. The fraction of sp³-hybridized carbons (Fsp3) is 0.478. The van der Waals surface area contributed by atoms with Crippen LogP contribution in [0.1, 0.15) is 52.0 Å². The number of H-pyrrole nitrogens is 1. The summed E-state index contributed by atoms with van der Waals surface area (Å²) in [4.78, 5) is 30.0. The predicted molar refractivity (Wildman–Crippen MR) is 113 cm³/mol. The number of aryl methyl sites for hydroxylation is 2. The first-order chi connectivity index (χ1) is 13.4. The fourth-order valence-electron chi connectivity index (χ4n) is 3.96. The van der Waals surface area contributed by atoms with Gasteiger partial charge in [0.1, 0.15) is 0 Å². The summed E-state index contributed by atoms with van der Waals surface area (Å²) >= 11 is 0. The predicted octanol–water partition coefficient (Wildman–Crippen LogP) is 2.82. The van der Waals surface area contributed by atoms with Crippen molar-refractivity contribution in [3.8, 4) is 0 Å². The highest BCUT2D eigenvalue weighted by Crippen LogP contribution is 2.19. The van der Waals surface area contributed by atoms with E-state index in [1.54, 1.807) is 0 Å². The Hall–Kier alpha value is -2.24. The van der Waals surface area contributed by atoms with Crippen LogP contribution in [-0.4, -0.2) is 48.4 Å². The highest BCUT2D eigenvalue weighted by Gasteiger charge is 2.15. The molecule has 3 rings (SSSR count). The lowest BCUT2D eigenvalue weighted by atomic mass is 9.96. The Bertz CT molecular complexity index is 864. The van der Waals surface area contributed by atoms with Crippen molar-refractivity contribution in [2.75, 3.05) is 32.7 Å². The van der Waals surface area contributed by atoms with Crippen LogP contribution in [0.15, 0.2) is 35.1 Å². The molecule has 5 nitrogen and oxygen atoms in total. The van der Waals surface area contributed by atoms with Crippen molar-refractivity contribution in [1.82, 2.24) is 15.2 Å². The first kappa shape index (κ1) is 20.5. The highest BCUT2D eigenvalue weighted by molar-refractivity contribution is 5.96. The summed E-state index contributed by atoms with van der Waals surface area (Å²) in [6.45, 7) is 11.4. The van der Waals surface area contributed by atoms with Crippen molar-refractivity contribution in [2.24, 2.45) is 0 Å². The Morgan fingerprint density at radius 1 is 1.14 bits per heavy atom. The number of Topliss-reactive ketones (excluding diaryl/α,β-unsaturated/α-hetero) is 1. The number of rotatable bonds is 7. The Morgan fingerprint density at radius 3 is 2.46 bits per heavy atom. The molecule has 1 aliphatic heterocycles. The van der Waals surface area contributed by atoms with Gasteiger partial charge in [-0.05, 0) is 43.4 Å². The van der Waals surface area contributed by atoms with Gasteiger partial charge < -0.3 is 15.2 Å². The Kier molecular flexibility index (Phi) is 6.81. The topological polar surface area (TPSA) is 65.2 Å². The molecule has 0 amide bonds. The van der Waals surface area contributed by atoms with Gasteiger partial charge in [-0.3, -0.25) is 9.59 Å². The van der Waals surface area contributed by atoms with E-state index in [2.05, 4.69) is 34.3 Å². The molecular formula is C23H31N3O2. The van der Waals surface area contributed by atoms with Crippen LogP contribution in [-0.2, 0) is 6.42 Å². The molecule has 1 fully saturated rings. The summed E-state index contributed by atoms with van der Waals surface area (Å²) in [5.41, 5.74) is 4.41. The van der Waals surface area contributed by atoms with Gasteiger partial charge >= 0.3 is 0 Å². The van der Waals surface area contributed by atoms with Gasteiger partial charge in [-0.2, -0.15) is 0 Å². The molecule has 1 unspecified atom stereocenters. The fourth-order valence-corrected chi connectivity index (χ4v) is 3.96. The molecule has 0 spiro atoms. The zero-order chi connectivity index (χ0) is 20.1. The lowest BCUT2D eigenvalue weighted by molar-refractivity contribution is 0.0982. The van der Waals surface area contributed by atoms with Crippen molar-refractivity contribution >= 4 is 5.78 Å². The summed E-state index contributed by atoms with van der Waals surface area (Å²) in [6.07, 6.45) is 0.824. The van der Waals surface area contributed by atoms with Gasteiger partial charge in [0.2, 0.25) is 0 Å². The van der Waals surface area contributed by atoms with Gasteiger partial charge in [-0.15, -0.1) is 0 Å². The van der Waals surface area contributed by atoms with Crippen LogP contribution in [0.25, 0.3) is 0 Å². The molecule has 0 aliphatic carbocycles. The zero-order valence-corrected chi connectivity index (χ0v) is 17.2. The number of nitrogens with zero attached hydrogens (tertiary/aromatic N) is 1. The van der Waals surface area contributed by atoms with Crippen LogP contribution in [0.5, 0.6) is 0 Å². The van der Waals surface area contributed by atoms with Crippen LogP contribution in [0.2, 0.25) is 0 Å². The Labute approximate surface area is 167 Å². The number of piperazine rings is 1. The minimum atomic E-state index is -0.0811. The maximum atomic E-state index is 12.6. The molecule has 2 heterocycles. The maximum absolute atomic E-state index is 12.6. The average molecular weight is 382 g/mol. The molecule has 1 aliphatic rings. The van der Waals surface area contributed by atoms with Crippen molar-refractivity contribution < 1.29 is 4.79 Å². The van der Waals surface area contributed by atoms with E-state index in [1.165, 1.54) is 5.56 Å². The Morgan fingerprint density at radius 2 is 1.82 bits per heavy atom. The average Bonchev–Trinajstić information content (AvgIpc) is 2.68. The molecule has 0 saturated carbocycles. The Balaban J connectivity index is 1.58. The first-order valence-electron chi connectivity index (χ1n) is 10.2.